The zero-order valence-corrected chi connectivity index (χ0v) is 13.1. The van der Waals surface area contributed by atoms with Crippen molar-refractivity contribution in [2.45, 2.75) is 6.92 Å². The second-order valence-electron chi connectivity index (χ2n) is 4.43. The number of halogens is 2. The van der Waals surface area contributed by atoms with Gasteiger partial charge in [-0.1, -0.05) is 29.3 Å². The van der Waals surface area contributed by atoms with Gasteiger partial charge in [0.05, 0.1) is 5.69 Å². The summed E-state index contributed by atoms with van der Waals surface area (Å²) in [4.78, 5) is 12.2. The summed E-state index contributed by atoms with van der Waals surface area (Å²) < 4.78 is 0. The minimum Gasteiger partial charge on any atom is -0.286 e. The van der Waals surface area contributed by atoms with E-state index in [9.17, 15) is 4.79 Å². The Morgan fingerprint density at radius 1 is 1.18 bits per heavy atom. The molecule has 0 spiro atoms. The van der Waals surface area contributed by atoms with Crippen LogP contribution in [0.15, 0.2) is 47.6 Å². The molecule has 0 heterocycles. The Kier molecular flexibility index (Phi) is 5.16. The van der Waals surface area contributed by atoms with E-state index in [1.807, 2.05) is 6.92 Å². The summed E-state index contributed by atoms with van der Waals surface area (Å²) in [6.45, 7) is 1.81. The smallest absolute Gasteiger partial charge is 0.223 e. The highest BCUT2D eigenvalue weighted by Gasteiger charge is 2.14. The van der Waals surface area contributed by atoms with Gasteiger partial charge >= 0.3 is 0 Å². The predicted molar refractivity (Wildman–Crippen MR) is 88.6 cm³/mol. The molecule has 0 aromatic heterocycles. The molecular weight excluding hydrogens is 321 g/mol. The van der Waals surface area contributed by atoms with E-state index in [0.29, 0.717) is 21.3 Å². The van der Waals surface area contributed by atoms with Crippen LogP contribution in [0.1, 0.15) is 15.9 Å². The average Bonchev–Trinajstić information content (AvgIpc) is 2.52. The maximum Gasteiger partial charge on any atom is 0.223 e. The molecule has 0 fully saturated rings. The van der Waals surface area contributed by atoms with Crippen molar-refractivity contribution < 1.29 is 4.79 Å². The van der Waals surface area contributed by atoms with Crippen molar-refractivity contribution in [3.63, 3.8) is 0 Å². The summed E-state index contributed by atoms with van der Waals surface area (Å²) in [7, 11) is 0. The summed E-state index contributed by atoms with van der Waals surface area (Å²) >= 11 is 11.8. The second-order valence-corrected chi connectivity index (χ2v) is 5.28. The lowest BCUT2D eigenvalue weighted by Gasteiger charge is -2.06. The van der Waals surface area contributed by atoms with Crippen LogP contribution in [-0.4, -0.2) is 11.5 Å². The maximum atomic E-state index is 12.2. The van der Waals surface area contributed by atoms with Crippen molar-refractivity contribution in [2.24, 2.45) is 5.10 Å². The standard InChI is InChI=1S/C16H11Cl2N3O/c1-10-13(18)3-2-4-14(10)20-21-15(9-19)16(22)11-5-7-12(17)8-6-11/h2-8,20H,1H3/b21-15+. The van der Waals surface area contributed by atoms with Crippen LogP contribution in [0.25, 0.3) is 0 Å². The van der Waals surface area contributed by atoms with Crippen LogP contribution in [0, 0.1) is 18.3 Å². The Labute approximate surface area is 138 Å². The van der Waals surface area contributed by atoms with Crippen molar-refractivity contribution >= 4 is 40.4 Å². The molecule has 0 atom stereocenters. The monoisotopic (exact) mass is 331 g/mol. The molecule has 1 N–H and O–H groups in total. The molecule has 0 radical (unpaired) electrons. The third-order valence-corrected chi connectivity index (χ3v) is 3.64. The molecule has 0 saturated carbocycles. The molecule has 0 aliphatic carbocycles. The van der Waals surface area contributed by atoms with Crippen LogP contribution in [0.2, 0.25) is 10.0 Å². The van der Waals surface area contributed by atoms with Crippen LogP contribution in [0.3, 0.4) is 0 Å². The number of nitrogens with one attached hydrogen (secondary N) is 1. The fraction of sp³-hybridized carbons (Fsp3) is 0.0625. The Balaban J connectivity index is 2.24. The zero-order valence-electron chi connectivity index (χ0n) is 11.6. The number of carbonyl (C=O) groups is 1. The third-order valence-electron chi connectivity index (χ3n) is 2.98. The molecule has 110 valence electrons. The van der Waals surface area contributed by atoms with Crippen LogP contribution >= 0.6 is 23.2 Å². The minimum atomic E-state index is -0.480. The van der Waals surface area contributed by atoms with Gasteiger partial charge in [0.15, 0.2) is 0 Å². The number of benzene rings is 2. The number of ketones is 1. The molecule has 0 unspecified atom stereocenters. The number of rotatable bonds is 4. The van der Waals surface area contributed by atoms with Gasteiger partial charge in [0.2, 0.25) is 11.5 Å². The van der Waals surface area contributed by atoms with Crippen molar-refractivity contribution in [1.82, 2.24) is 0 Å². The first-order valence-corrected chi connectivity index (χ1v) is 7.07. The predicted octanol–water partition coefficient (Wildman–Crippen LogP) is 4.48. The molecule has 4 nitrogen and oxygen atoms in total. The van der Waals surface area contributed by atoms with E-state index in [0.717, 1.165) is 5.56 Å². The third kappa shape index (κ3) is 3.64. The van der Waals surface area contributed by atoms with Crippen LogP contribution < -0.4 is 5.43 Å². The molecular formula is C16H11Cl2N3O. The molecule has 0 amide bonds. The van der Waals surface area contributed by atoms with Gasteiger partial charge in [0.1, 0.15) is 6.07 Å². The maximum absolute atomic E-state index is 12.2. The number of hydrogen-bond acceptors (Lipinski definition) is 4. The van der Waals surface area contributed by atoms with Crippen LogP contribution in [0.5, 0.6) is 0 Å². The van der Waals surface area contributed by atoms with Gasteiger partial charge in [0, 0.05) is 15.6 Å². The molecule has 22 heavy (non-hydrogen) atoms. The molecule has 0 bridgehead atoms. The van der Waals surface area contributed by atoms with Crippen LogP contribution in [0.4, 0.5) is 5.69 Å². The van der Waals surface area contributed by atoms with Gasteiger partial charge in [0.25, 0.3) is 0 Å². The Morgan fingerprint density at radius 2 is 1.86 bits per heavy atom. The van der Waals surface area contributed by atoms with Crippen molar-refractivity contribution in [2.75, 3.05) is 5.43 Å². The molecule has 2 aromatic carbocycles. The van der Waals surface area contributed by atoms with Crippen LogP contribution in [-0.2, 0) is 0 Å². The quantitative estimate of drug-likeness (QED) is 0.510. The lowest BCUT2D eigenvalue weighted by molar-refractivity contribution is 0.106. The van der Waals surface area contributed by atoms with Crippen molar-refractivity contribution in [1.29, 1.82) is 5.26 Å². The van der Waals surface area contributed by atoms with E-state index in [1.165, 1.54) is 0 Å². The average molecular weight is 332 g/mol. The van der Waals surface area contributed by atoms with E-state index in [1.54, 1.807) is 48.5 Å². The number of anilines is 1. The Bertz CT molecular complexity index is 777. The number of hydrazone groups is 1. The van der Waals surface area contributed by atoms with Gasteiger partial charge < -0.3 is 0 Å². The van der Waals surface area contributed by atoms with E-state index in [4.69, 9.17) is 28.5 Å². The number of Topliss-reactive ketones (excluding diaryl/α,β-unsaturated/α-hetero) is 1. The summed E-state index contributed by atoms with van der Waals surface area (Å²) in [5.41, 5.74) is 4.20. The Hall–Kier alpha value is -2.35. The topological polar surface area (TPSA) is 65.2 Å². The first-order chi connectivity index (χ1) is 10.5. The summed E-state index contributed by atoms with van der Waals surface area (Å²) in [5, 5.41) is 14.1. The van der Waals surface area contributed by atoms with Gasteiger partial charge in [-0.3, -0.25) is 10.2 Å². The summed E-state index contributed by atoms with van der Waals surface area (Å²) in [6.07, 6.45) is 0. The molecule has 6 heteroatoms. The van der Waals surface area contributed by atoms with Gasteiger partial charge in [-0.15, -0.1) is 0 Å². The summed E-state index contributed by atoms with van der Waals surface area (Å²) in [6, 6.07) is 13.3. The molecule has 2 rings (SSSR count). The van der Waals surface area contributed by atoms with Crippen molar-refractivity contribution in [3.05, 3.63) is 63.6 Å². The first kappa shape index (κ1) is 16.0. The largest absolute Gasteiger partial charge is 0.286 e. The molecule has 0 aliphatic heterocycles. The normalized spacial score (nSPS) is 10.9. The summed E-state index contributed by atoms with van der Waals surface area (Å²) in [5.74, 6) is -0.480. The second kappa shape index (κ2) is 7.08. The van der Waals surface area contributed by atoms with Gasteiger partial charge in [-0.2, -0.15) is 10.4 Å². The number of nitrogens with zero attached hydrogens (tertiary/aromatic N) is 2. The fourth-order valence-electron chi connectivity index (χ4n) is 1.71. The van der Waals surface area contributed by atoms with E-state index in [2.05, 4.69) is 10.5 Å². The highest BCUT2D eigenvalue weighted by Crippen LogP contribution is 2.22. The van der Waals surface area contributed by atoms with E-state index < -0.39 is 5.78 Å². The molecule has 0 saturated heterocycles. The van der Waals surface area contributed by atoms with Gasteiger partial charge in [-0.05, 0) is 48.9 Å². The highest BCUT2D eigenvalue weighted by molar-refractivity contribution is 6.51. The minimum absolute atomic E-state index is 0.248. The number of nitriles is 1. The Morgan fingerprint density at radius 3 is 2.50 bits per heavy atom. The lowest BCUT2D eigenvalue weighted by Crippen LogP contribution is -2.14. The molecule has 0 aliphatic rings. The first-order valence-electron chi connectivity index (χ1n) is 6.32. The zero-order chi connectivity index (χ0) is 16.1. The van der Waals surface area contributed by atoms with E-state index >= 15 is 0 Å². The SMILES string of the molecule is Cc1c(Cl)cccc1N/N=C(\C#N)C(=O)c1ccc(Cl)cc1. The number of carbonyl (C=O) groups excluding carboxylic acids is 1. The number of hydrogen-bond donors (Lipinski definition) is 1. The lowest BCUT2D eigenvalue weighted by atomic mass is 10.1. The fourth-order valence-corrected chi connectivity index (χ4v) is 2.01. The van der Waals surface area contributed by atoms with Crippen molar-refractivity contribution in [3.8, 4) is 6.07 Å². The molecule has 2 aromatic rings. The highest BCUT2D eigenvalue weighted by atomic mass is 35.5. The van der Waals surface area contributed by atoms with Gasteiger partial charge in [-0.25, -0.2) is 0 Å². The van der Waals surface area contributed by atoms with E-state index in [-0.39, 0.29) is 5.71 Å².